The van der Waals surface area contributed by atoms with Crippen molar-refractivity contribution in [2.45, 2.75) is 97.5 Å². The fourth-order valence-electron chi connectivity index (χ4n) is 4.06. The molecule has 0 bridgehead atoms. The molecule has 1 amide bonds. The Hall–Kier alpha value is -1.66. The third-order valence-electron chi connectivity index (χ3n) is 5.71. The molecular formula is C25H35NO3S2. The molecule has 0 aliphatic heterocycles. The Morgan fingerprint density at radius 2 is 1.68 bits per heavy atom. The molecule has 0 saturated heterocycles. The molecule has 0 spiro atoms. The second-order valence-corrected chi connectivity index (χ2v) is 10.7. The van der Waals surface area contributed by atoms with Crippen LogP contribution < -0.4 is 5.32 Å². The topological polar surface area (TPSA) is 55.4 Å². The molecule has 0 atom stereocenters. The molecule has 2 aromatic heterocycles. The van der Waals surface area contributed by atoms with Crippen LogP contribution in [-0.4, -0.2) is 18.0 Å². The molecule has 0 fully saturated rings. The molecule has 1 N–H and O–H groups in total. The van der Waals surface area contributed by atoms with Crippen LogP contribution in [0, 0.1) is 0 Å². The first-order valence-corrected chi connectivity index (χ1v) is 13.4. The molecule has 2 heterocycles. The van der Waals surface area contributed by atoms with Gasteiger partial charge in [0.2, 0.25) is 0 Å². The van der Waals surface area contributed by atoms with Crippen molar-refractivity contribution < 1.29 is 14.3 Å². The van der Waals surface area contributed by atoms with Crippen LogP contribution in [0.25, 0.3) is 0 Å². The summed E-state index contributed by atoms with van der Waals surface area (Å²) in [5.41, 5.74) is 2.35. The minimum absolute atomic E-state index is 0.146. The van der Waals surface area contributed by atoms with Gasteiger partial charge in [-0.2, -0.15) is 0 Å². The van der Waals surface area contributed by atoms with Gasteiger partial charge >= 0.3 is 5.97 Å². The Labute approximate surface area is 194 Å². The van der Waals surface area contributed by atoms with E-state index in [1.165, 1.54) is 48.3 Å². The van der Waals surface area contributed by atoms with Crippen LogP contribution in [-0.2, 0) is 24.0 Å². The van der Waals surface area contributed by atoms with Crippen LogP contribution >= 0.6 is 22.7 Å². The molecule has 0 radical (unpaired) electrons. The Balaban J connectivity index is 1.92. The Morgan fingerprint density at radius 3 is 2.29 bits per heavy atom. The van der Waals surface area contributed by atoms with Crippen molar-refractivity contribution in [3.05, 3.63) is 37.9 Å². The first-order chi connectivity index (χ1) is 15.0. The van der Waals surface area contributed by atoms with Gasteiger partial charge in [-0.3, -0.25) is 4.79 Å². The maximum absolute atomic E-state index is 13.1. The standard InChI is InChI=1S/C25H35NO3S2/c1-4-19-15-18(16-30-19)23(27)26-24-22(25(28)29-17(2)3)20-13-11-9-7-5-6-8-10-12-14-21(20)31-24/h15-17H,4-14H2,1-3H3,(H,26,27). The van der Waals surface area contributed by atoms with Crippen molar-refractivity contribution in [2.75, 3.05) is 5.32 Å². The molecule has 1 aliphatic rings. The number of carbonyl (C=O) groups is 2. The molecular weight excluding hydrogens is 426 g/mol. The van der Waals surface area contributed by atoms with Crippen LogP contribution in [0.4, 0.5) is 5.00 Å². The minimum Gasteiger partial charge on any atom is -0.459 e. The Morgan fingerprint density at radius 1 is 1.03 bits per heavy atom. The predicted octanol–water partition coefficient (Wildman–Crippen LogP) is 7.41. The van der Waals surface area contributed by atoms with E-state index in [0.29, 0.717) is 16.1 Å². The van der Waals surface area contributed by atoms with Gasteiger partial charge in [0, 0.05) is 15.1 Å². The fraction of sp³-hybridized carbons (Fsp3) is 0.600. The predicted molar refractivity (Wildman–Crippen MR) is 131 cm³/mol. The number of esters is 1. The molecule has 6 heteroatoms. The number of hydrogen-bond acceptors (Lipinski definition) is 5. The summed E-state index contributed by atoms with van der Waals surface area (Å²) in [6.45, 7) is 5.82. The number of fused-ring (bicyclic) bond motifs is 1. The summed E-state index contributed by atoms with van der Waals surface area (Å²) in [6, 6.07) is 1.94. The van der Waals surface area contributed by atoms with E-state index >= 15 is 0 Å². The summed E-state index contributed by atoms with van der Waals surface area (Å²) in [7, 11) is 0. The molecule has 3 rings (SSSR count). The van der Waals surface area contributed by atoms with E-state index in [9.17, 15) is 9.59 Å². The minimum atomic E-state index is -0.311. The average Bonchev–Trinajstić information content (AvgIpc) is 3.32. The summed E-state index contributed by atoms with van der Waals surface area (Å²) >= 11 is 3.17. The van der Waals surface area contributed by atoms with Gasteiger partial charge in [-0.1, -0.05) is 45.4 Å². The van der Waals surface area contributed by atoms with E-state index < -0.39 is 0 Å². The first-order valence-electron chi connectivity index (χ1n) is 11.7. The lowest BCUT2D eigenvalue weighted by molar-refractivity contribution is 0.0378. The summed E-state index contributed by atoms with van der Waals surface area (Å²) in [5, 5.41) is 5.60. The molecule has 0 unspecified atom stereocenters. The zero-order chi connectivity index (χ0) is 22.2. The van der Waals surface area contributed by atoms with Gasteiger partial charge in [0.05, 0.1) is 17.2 Å². The molecule has 170 valence electrons. The van der Waals surface area contributed by atoms with E-state index in [1.807, 2.05) is 25.3 Å². The third-order valence-corrected chi connectivity index (χ3v) is 8.00. The molecule has 31 heavy (non-hydrogen) atoms. The van der Waals surface area contributed by atoms with Gasteiger partial charge in [-0.25, -0.2) is 4.79 Å². The van der Waals surface area contributed by atoms with E-state index in [1.54, 1.807) is 22.7 Å². The van der Waals surface area contributed by atoms with Crippen molar-refractivity contribution in [3.8, 4) is 0 Å². The van der Waals surface area contributed by atoms with Gasteiger partial charge in [-0.15, -0.1) is 22.7 Å². The maximum Gasteiger partial charge on any atom is 0.341 e. The second-order valence-electron chi connectivity index (χ2n) is 8.60. The smallest absolute Gasteiger partial charge is 0.341 e. The van der Waals surface area contributed by atoms with Crippen LogP contribution in [0.2, 0.25) is 0 Å². The highest BCUT2D eigenvalue weighted by Crippen LogP contribution is 2.37. The Bertz CT molecular complexity index is 881. The third kappa shape index (κ3) is 6.66. The fourth-order valence-corrected chi connectivity index (χ4v) is 6.15. The van der Waals surface area contributed by atoms with Crippen molar-refractivity contribution >= 4 is 39.6 Å². The van der Waals surface area contributed by atoms with Gasteiger partial charge in [0.15, 0.2) is 0 Å². The van der Waals surface area contributed by atoms with Crippen LogP contribution in [0.3, 0.4) is 0 Å². The van der Waals surface area contributed by atoms with E-state index in [-0.39, 0.29) is 18.0 Å². The normalized spacial score (nSPS) is 15.6. The zero-order valence-electron chi connectivity index (χ0n) is 19.1. The van der Waals surface area contributed by atoms with Crippen molar-refractivity contribution in [1.82, 2.24) is 0 Å². The number of hydrogen-bond donors (Lipinski definition) is 1. The number of amides is 1. The highest BCUT2D eigenvalue weighted by molar-refractivity contribution is 7.17. The number of aryl methyl sites for hydroxylation is 2. The quantitative estimate of drug-likeness (QED) is 0.472. The number of rotatable bonds is 5. The molecule has 0 aromatic carbocycles. The van der Waals surface area contributed by atoms with E-state index in [0.717, 1.165) is 37.7 Å². The number of ether oxygens (including phenoxy) is 1. The van der Waals surface area contributed by atoms with Crippen LogP contribution in [0.5, 0.6) is 0 Å². The number of thiophene rings is 2. The van der Waals surface area contributed by atoms with Crippen molar-refractivity contribution in [1.29, 1.82) is 0 Å². The average molecular weight is 462 g/mol. The number of nitrogens with one attached hydrogen (secondary N) is 1. The highest BCUT2D eigenvalue weighted by atomic mass is 32.1. The lowest BCUT2D eigenvalue weighted by Crippen LogP contribution is -2.17. The van der Waals surface area contributed by atoms with E-state index in [4.69, 9.17) is 4.74 Å². The molecule has 4 nitrogen and oxygen atoms in total. The molecule has 2 aromatic rings. The highest BCUT2D eigenvalue weighted by Gasteiger charge is 2.26. The lowest BCUT2D eigenvalue weighted by atomic mass is 9.97. The summed E-state index contributed by atoms with van der Waals surface area (Å²) in [4.78, 5) is 28.5. The summed E-state index contributed by atoms with van der Waals surface area (Å²) in [6.07, 6.45) is 12.3. The lowest BCUT2D eigenvalue weighted by Gasteiger charge is -2.12. The van der Waals surface area contributed by atoms with Crippen LogP contribution in [0.1, 0.15) is 108 Å². The Kier molecular flexibility index (Phi) is 9.15. The van der Waals surface area contributed by atoms with E-state index in [2.05, 4.69) is 12.2 Å². The maximum atomic E-state index is 13.1. The first kappa shape index (κ1) is 24.0. The molecule has 1 aliphatic carbocycles. The zero-order valence-corrected chi connectivity index (χ0v) is 20.7. The van der Waals surface area contributed by atoms with Gasteiger partial charge in [0.1, 0.15) is 5.00 Å². The number of carbonyl (C=O) groups excluding carboxylic acids is 2. The monoisotopic (exact) mass is 461 g/mol. The summed E-state index contributed by atoms with van der Waals surface area (Å²) < 4.78 is 5.60. The van der Waals surface area contributed by atoms with Crippen molar-refractivity contribution in [2.24, 2.45) is 0 Å². The second kappa shape index (κ2) is 11.8. The number of anilines is 1. The molecule has 0 saturated carbocycles. The summed E-state index contributed by atoms with van der Waals surface area (Å²) in [5.74, 6) is -0.457. The van der Waals surface area contributed by atoms with Crippen LogP contribution in [0.15, 0.2) is 11.4 Å². The largest absolute Gasteiger partial charge is 0.459 e. The van der Waals surface area contributed by atoms with Gasteiger partial charge in [-0.05, 0) is 57.6 Å². The van der Waals surface area contributed by atoms with Gasteiger partial charge < -0.3 is 10.1 Å². The van der Waals surface area contributed by atoms with Crippen molar-refractivity contribution in [3.63, 3.8) is 0 Å². The SMILES string of the molecule is CCc1cc(C(=O)Nc2sc3c(c2C(=O)OC(C)C)CCCCCCCCCC3)cs1. The van der Waals surface area contributed by atoms with Gasteiger partial charge in [0.25, 0.3) is 5.91 Å².